The van der Waals surface area contributed by atoms with E-state index in [1.165, 1.54) is 12.1 Å². The van der Waals surface area contributed by atoms with Gasteiger partial charge in [-0.15, -0.1) is 0 Å². The zero-order valence-electron chi connectivity index (χ0n) is 30.9. The van der Waals surface area contributed by atoms with Crippen LogP contribution in [0.5, 0.6) is 0 Å². The normalized spacial score (nSPS) is 12.5. The summed E-state index contributed by atoms with van der Waals surface area (Å²) in [5.41, 5.74) is 5.17. The smallest absolute Gasteiger partial charge is 0.309 e. The van der Waals surface area contributed by atoms with Gasteiger partial charge in [-0.3, -0.25) is 0 Å². The lowest BCUT2D eigenvalue weighted by atomic mass is 9.86. The molecule has 6 aromatic carbocycles. The molecule has 0 radical (unpaired) electrons. The average molecular weight is 715 g/mol. The summed E-state index contributed by atoms with van der Waals surface area (Å²) in [6.45, 7) is 20.9. The molecule has 2 aromatic heterocycles. The van der Waals surface area contributed by atoms with E-state index in [0.717, 1.165) is 60.8 Å². The number of alkyl halides is 3. The third kappa shape index (κ3) is 5.43. The van der Waals surface area contributed by atoms with E-state index in [4.69, 9.17) is 6.57 Å². The first-order valence-corrected chi connectivity index (χ1v) is 17.9. The number of halogens is 3. The highest BCUT2D eigenvalue weighted by Crippen LogP contribution is 2.48. The minimum atomic E-state index is -4.76. The molecule has 0 spiro atoms. The van der Waals surface area contributed by atoms with Crippen molar-refractivity contribution in [3.8, 4) is 28.6 Å². The van der Waals surface area contributed by atoms with E-state index in [0.29, 0.717) is 11.4 Å². The van der Waals surface area contributed by atoms with E-state index in [-0.39, 0.29) is 33.2 Å². The maximum Gasteiger partial charge on any atom is 0.415 e. The molecule has 0 saturated carbocycles. The summed E-state index contributed by atoms with van der Waals surface area (Å²) in [6, 6.07) is 37.7. The number of fused-ring (bicyclic) bond motifs is 6. The van der Waals surface area contributed by atoms with Crippen molar-refractivity contribution < 1.29 is 13.2 Å². The highest BCUT2D eigenvalue weighted by Gasteiger charge is 2.36. The van der Waals surface area contributed by atoms with Crippen LogP contribution in [0.15, 0.2) is 115 Å². The lowest BCUT2D eigenvalue weighted by molar-refractivity contribution is -0.137. The predicted molar refractivity (Wildman–Crippen MR) is 214 cm³/mol. The quantitative estimate of drug-likeness (QED) is 0.168. The SMILES string of the molecule is [C-]#[N+]c1cccc(C(F)(F)F)c1-c1cc(-n2c3ccccc3c3cc(C(C)(C)C)ccc32)c(C#N)cc1-n1c2ccccc2c2cc(C(C)(C)C)ccc21. The zero-order chi connectivity index (χ0) is 38.3. The summed E-state index contributed by atoms with van der Waals surface area (Å²) in [5.74, 6) is 0. The van der Waals surface area contributed by atoms with E-state index < -0.39 is 11.7 Å². The number of rotatable bonds is 3. The summed E-state index contributed by atoms with van der Waals surface area (Å²) in [7, 11) is 0. The second kappa shape index (κ2) is 12.1. The lowest BCUT2D eigenvalue weighted by Crippen LogP contribution is -2.11. The van der Waals surface area contributed by atoms with Crippen LogP contribution in [0.1, 0.15) is 63.8 Å². The Balaban J connectivity index is 1.56. The number of benzene rings is 6. The predicted octanol–water partition coefficient (Wildman–Crippen LogP) is 13.6. The minimum Gasteiger partial charge on any atom is -0.309 e. The molecule has 0 aliphatic rings. The van der Waals surface area contributed by atoms with Crippen LogP contribution in [-0.2, 0) is 17.0 Å². The van der Waals surface area contributed by atoms with Gasteiger partial charge in [-0.1, -0.05) is 108 Å². The number of hydrogen-bond acceptors (Lipinski definition) is 1. The van der Waals surface area contributed by atoms with E-state index in [1.807, 2.05) is 69.8 Å². The van der Waals surface area contributed by atoms with Gasteiger partial charge in [0, 0.05) is 27.1 Å². The first-order valence-electron chi connectivity index (χ1n) is 17.9. The molecular formula is C47H37F3N4. The average Bonchev–Trinajstić information content (AvgIpc) is 3.65. The van der Waals surface area contributed by atoms with Gasteiger partial charge in [-0.2, -0.15) is 18.4 Å². The Morgan fingerprint density at radius 3 is 1.56 bits per heavy atom. The monoisotopic (exact) mass is 714 g/mol. The van der Waals surface area contributed by atoms with Crippen molar-refractivity contribution in [3.63, 3.8) is 0 Å². The Labute approximate surface area is 312 Å². The van der Waals surface area contributed by atoms with Gasteiger partial charge in [0.15, 0.2) is 5.69 Å². The number of nitriles is 1. The molecule has 8 aromatic rings. The van der Waals surface area contributed by atoms with Gasteiger partial charge >= 0.3 is 6.18 Å². The Hall–Kier alpha value is -6.31. The van der Waals surface area contributed by atoms with Crippen LogP contribution >= 0.6 is 0 Å². The summed E-state index contributed by atoms with van der Waals surface area (Å²) in [4.78, 5) is 3.64. The van der Waals surface area contributed by atoms with Crippen molar-refractivity contribution >= 4 is 49.3 Å². The van der Waals surface area contributed by atoms with Crippen LogP contribution < -0.4 is 0 Å². The van der Waals surface area contributed by atoms with E-state index in [9.17, 15) is 5.26 Å². The molecule has 0 N–H and O–H groups in total. The first kappa shape index (κ1) is 34.8. The Kier molecular flexibility index (Phi) is 7.80. The molecule has 2 heterocycles. The lowest BCUT2D eigenvalue weighted by Gasteiger charge is -2.22. The van der Waals surface area contributed by atoms with E-state index >= 15 is 13.2 Å². The first-order chi connectivity index (χ1) is 25.6. The standard InChI is InChI=1S/C47H37F3N4/c1-45(2,3)29-19-21-40-33(24-29)31-13-8-10-17-38(31)53(40)42-26-35(44-36(47(48,49)50)15-12-16-37(44)52-7)43(23-28(42)27-51)54-39-18-11-9-14-32(39)34-25-30(46(4,5)6)20-22-41(34)54/h8-26H,1-6H3. The minimum absolute atomic E-state index is 0.128. The van der Waals surface area contributed by atoms with Crippen LogP contribution in [0.2, 0.25) is 0 Å². The zero-order valence-corrected chi connectivity index (χ0v) is 30.9. The Morgan fingerprint density at radius 2 is 1.07 bits per heavy atom. The van der Waals surface area contributed by atoms with E-state index in [2.05, 4.69) is 76.7 Å². The van der Waals surface area contributed by atoms with Crippen molar-refractivity contribution in [2.24, 2.45) is 0 Å². The van der Waals surface area contributed by atoms with Gasteiger partial charge in [-0.25, -0.2) is 4.85 Å². The maximum absolute atomic E-state index is 15.1. The van der Waals surface area contributed by atoms with Gasteiger partial charge in [0.05, 0.1) is 51.1 Å². The van der Waals surface area contributed by atoms with Gasteiger partial charge in [-0.05, 0) is 76.1 Å². The molecule has 0 atom stereocenters. The fourth-order valence-electron chi connectivity index (χ4n) is 7.79. The Morgan fingerprint density at radius 1 is 0.574 bits per heavy atom. The number of para-hydroxylation sites is 2. The molecule has 0 aliphatic carbocycles. The molecular weight excluding hydrogens is 678 g/mol. The molecule has 0 amide bonds. The fraction of sp³-hybridized carbons (Fsp3) is 0.191. The molecule has 0 saturated heterocycles. The van der Waals surface area contributed by atoms with Crippen molar-refractivity contribution in [1.82, 2.24) is 9.13 Å². The third-order valence-corrected chi connectivity index (χ3v) is 10.5. The second-order valence-corrected chi connectivity index (χ2v) is 16.0. The molecule has 4 nitrogen and oxygen atoms in total. The van der Waals surface area contributed by atoms with Crippen LogP contribution in [0.4, 0.5) is 18.9 Å². The van der Waals surface area contributed by atoms with Crippen LogP contribution in [0, 0.1) is 17.9 Å². The largest absolute Gasteiger partial charge is 0.415 e. The highest BCUT2D eigenvalue weighted by molar-refractivity contribution is 6.12. The fourth-order valence-corrected chi connectivity index (χ4v) is 7.79. The summed E-state index contributed by atoms with van der Waals surface area (Å²) in [5, 5.41) is 14.7. The molecule has 266 valence electrons. The second-order valence-electron chi connectivity index (χ2n) is 16.0. The van der Waals surface area contributed by atoms with Crippen molar-refractivity contribution in [2.45, 2.75) is 58.5 Å². The third-order valence-electron chi connectivity index (χ3n) is 10.5. The number of hydrogen-bond donors (Lipinski definition) is 0. The van der Waals surface area contributed by atoms with Crippen molar-refractivity contribution in [3.05, 3.63) is 149 Å². The molecule has 0 unspecified atom stereocenters. The van der Waals surface area contributed by atoms with Crippen molar-refractivity contribution in [1.29, 1.82) is 5.26 Å². The summed E-state index contributed by atoms with van der Waals surface area (Å²) < 4.78 is 49.2. The number of aromatic nitrogens is 2. The maximum atomic E-state index is 15.1. The molecule has 7 heteroatoms. The summed E-state index contributed by atoms with van der Waals surface area (Å²) in [6.07, 6.45) is -4.76. The van der Waals surface area contributed by atoms with Gasteiger partial charge in [0.25, 0.3) is 0 Å². The molecule has 54 heavy (non-hydrogen) atoms. The Bertz CT molecular complexity index is 2910. The number of nitrogens with zero attached hydrogens (tertiary/aromatic N) is 4. The van der Waals surface area contributed by atoms with Crippen LogP contribution in [0.3, 0.4) is 0 Å². The molecule has 0 bridgehead atoms. The highest BCUT2D eigenvalue weighted by atomic mass is 19.4. The molecule has 0 fully saturated rings. The van der Waals surface area contributed by atoms with Crippen LogP contribution in [0.25, 0.3) is 71.0 Å². The summed E-state index contributed by atoms with van der Waals surface area (Å²) >= 11 is 0. The topological polar surface area (TPSA) is 38.0 Å². The molecule has 0 aliphatic heterocycles. The van der Waals surface area contributed by atoms with Gasteiger partial charge in [0.1, 0.15) is 6.07 Å². The van der Waals surface area contributed by atoms with Crippen LogP contribution in [-0.4, -0.2) is 9.13 Å². The molecule has 8 rings (SSSR count). The van der Waals surface area contributed by atoms with Crippen molar-refractivity contribution in [2.75, 3.05) is 0 Å². The van der Waals surface area contributed by atoms with Gasteiger partial charge < -0.3 is 9.13 Å². The van der Waals surface area contributed by atoms with E-state index in [1.54, 1.807) is 12.1 Å². The van der Waals surface area contributed by atoms with Gasteiger partial charge in [0.2, 0.25) is 0 Å².